The van der Waals surface area contributed by atoms with Gasteiger partial charge >= 0.3 is 12.3 Å². The highest BCUT2D eigenvalue weighted by atomic mass is 32.1. The van der Waals surface area contributed by atoms with Crippen molar-refractivity contribution in [2.75, 3.05) is 14.2 Å². The first kappa shape index (κ1) is 20.9. The van der Waals surface area contributed by atoms with E-state index in [1.807, 2.05) is 31.2 Å². The Morgan fingerprint density at radius 3 is 2.77 bits per heavy atom. The number of rotatable bonds is 4. The third kappa shape index (κ3) is 4.53. The van der Waals surface area contributed by atoms with E-state index in [4.69, 9.17) is 4.74 Å². The fourth-order valence-corrected chi connectivity index (χ4v) is 3.91. The monoisotopic (exact) mass is 447 g/mol. The van der Waals surface area contributed by atoms with Crippen LogP contribution in [0.1, 0.15) is 10.4 Å². The lowest BCUT2D eigenvalue weighted by molar-refractivity contribution is -0.286. The fourth-order valence-electron chi connectivity index (χ4n) is 3.09. The van der Waals surface area contributed by atoms with Crippen LogP contribution in [0.4, 0.5) is 13.6 Å². The molecule has 10 heteroatoms. The normalized spacial score (nSPS) is 14.5. The van der Waals surface area contributed by atoms with E-state index < -0.39 is 12.3 Å². The Hall–Kier alpha value is -3.40. The maximum Gasteiger partial charge on any atom is 0.586 e. The Kier molecular flexibility index (Phi) is 5.40. The molecule has 3 aromatic rings. The van der Waals surface area contributed by atoms with Crippen molar-refractivity contribution in [1.82, 2.24) is 9.47 Å². The molecule has 1 aliphatic rings. The zero-order valence-corrected chi connectivity index (χ0v) is 17.8. The van der Waals surface area contributed by atoms with E-state index in [-0.39, 0.29) is 11.5 Å². The summed E-state index contributed by atoms with van der Waals surface area (Å²) in [6.07, 6.45) is -1.92. The Balaban J connectivity index is 1.60. The van der Waals surface area contributed by atoms with Crippen molar-refractivity contribution in [3.8, 4) is 22.9 Å². The number of aryl methyl sites for hydroxylation is 1. The maximum absolute atomic E-state index is 13.3. The van der Waals surface area contributed by atoms with E-state index in [9.17, 15) is 13.6 Å². The zero-order chi connectivity index (χ0) is 22.2. The third-order valence-electron chi connectivity index (χ3n) is 4.50. The van der Waals surface area contributed by atoms with Crippen molar-refractivity contribution in [2.24, 2.45) is 4.99 Å². The minimum absolute atomic E-state index is 0.0473. The van der Waals surface area contributed by atoms with E-state index in [0.717, 1.165) is 10.4 Å². The van der Waals surface area contributed by atoms with Gasteiger partial charge in [-0.3, -0.25) is 4.57 Å². The lowest BCUT2D eigenvalue weighted by Crippen LogP contribution is -2.26. The number of carbonyl (C=O) groups excluding carboxylic acids is 1. The molecule has 4 rings (SSSR count). The van der Waals surface area contributed by atoms with Gasteiger partial charge in [0.2, 0.25) is 0 Å². The smallest absolute Gasteiger partial charge is 0.497 e. The number of nitrogens with zero attached hydrogens (tertiary/aromatic N) is 3. The molecule has 2 amide bonds. The highest BCUT2D eigenvalue weighted by Crippen LogP contribution is 2.41. The number of fused-ring (bicyclic) bond motifs is 1. The van der Waals surface area contributed by atoms with Crippen molar-refractivity contribution >= 4 is 17.4 Å². The third-order valence-corrected chi connectivity index (χ3v) is 5.40. The minimum Gasteiger partial charge on any atom is -0.497 e. The molecular weight excluding hydrogens is 428 g/mol. The van der Waals surface area contributed by atoms with Crippen LogP contribution >= 0.6 is 11.3 Å². The van der Waals surface area contributed by atoms with Gasteiger partial charge in [0.25, 0.3) is 0 Å². The Morgan fingerprint density at radius 1 is 1.23 bits per heavy atom. The summed E-state index contributed by atoms with van der Waals surface area (Å²) in [6.45, 7) is 2.22. The Labute approximate surface area is 180 Å². The van der Waals surface area contributed by atoms with Crippen molar-refractivity contribution in [2.45, 2.75) is 19.8 Å². The molecule has 0 bridgehead atoms. The van der Waals surface area contributed by atoms with Gasteiger partial charge in [-0.25, -0.2) is 4.79 Å². The molecule has 0 saturated heterocycles. The van der Waals surface area contributed by atoms with Crippen LogP contribution in [0.3, 0.4) is 0 Å². The summed E-state index contributed by atoms with van der Waals surface area (Å²) in [5, 5.41) is 0. The second kappa shape index (κ2) is 8.03. The number of benzene rings is 2. The molecule has 31 heavy (non-hydrogen) atoms. The van der Waals surface area contributed by atoms with Gasteiger partial charge in [-0.15, -0.1) is 20.1 Å². The van der Waals surface area contributed by atoms with Crippen LogP contribution < -0.4 is 19.0 Å². The second-order valence-electron chi connectivity index (χ2n) is 6.89. The maximum atomic E-state index is 13.3. The standard InChI is InChI=1S/C21H19F2N3O4S/c1-13-11-26(15-7-8-17-18(10-15)30-21(22,23)29-17)20(31-13)24-19(27)25(2)12-14-5-4-6-16(9-14)28-3/h4-11H,12H2,1-3H3/b24-20-. The van der Waals surface area contributed by atoms with Crippen LogP contribution in [0, 0.1) is 6.92 Å². The molecule has 2 aromatic carbocycles. The molecule has 0 aliphatic carbocycles. The number of carbonyl (C=O) groups is 1. The summed E-state index contributed by atoms with van der Waals surface area (Å²) >= 11 is 1.31. The predicted molar refractivity (Wildman–Crippen MR) is 110 cm³/mol. The number of hydrogen-bond acceptors (Lipinski definition) is 5. The van der Waals surface area contributed by atoms with Gasteiger partial charge in [-0.05, 0) is 36.8 Å². The van der Waals surface area contributed by atoms with Gasteiger partial charge < -0.3 is 19.1 Å². The summed E-state index contributed by atoms with van der Waals surface area (Å²) < 4.78 is 42.5. The molecule has 7 nitrogen and oxygen atoms in total. The molecule has 1 aromatic heterocycles. The predicted octanol–water partition coefficient (Wildman–Crippen LogP) is 4.33. The molecule has 1 aliphatic heterocycles. The number of thiazole rings is 1. The number of hydrogen-bond donors (Lipinski definition) is 0. The zero-order valence-electron chi connectivity index (χ0n) is 17.0. The molecule has 162 valence electrons. The molecule has 0 N–H and O–H groups in total. The Morgan fingerprint density at radius 2 is 2.00 bits per heavy atom. The van der Waals surface area contributed by atoms with Crippen LogP contribution in [0.5, 0.6) is 17.2 Å². The van der Waals surface area contributed by atoms with Crippen LogP contribution in [0.25, 0.3) is 5.69 Å². The van der Waals surface area contributed by atoms with Crippen molar-refractivity contribution < 1.29 is 27.8 Å². The van der Waals surface area contributed by atoms with Crippen molar-refractivity contribution in [3.63, 3.8) is 0 Å². The van der Waals surface area contributed by atoms with E-state index in [1.165, 1.54) is 28.4 Å². The number of halogens is 2. The van der Waals surface area contributed by atoms with Gasteiger partial charge in [0.1, 0.15) is 5.75 Å². The van der Waals surface area contributed by atoms with Gasteiger partial charge in [-0.2, -0.15) is 4.99 Å². The van der Waals surface area contributed by atoms with E-state index >= 15 is 0 Å². The van der Waals surface area contributed by atoms with Gasteiger partial charge in [0.05, 0.1) is 12.8 Å². The molecule has 0 radical (unpaired) electrons. The van der Waals surface area contributed by atoms with Crippen molar-refractivity contribution in [3.05, 3.63) is 63.9 Å². The van der Waals surface area contributed by atoms with Gasteiger partial charge in [0.15, 0.2) is 16.3 Å². The Bertz CT molecular complexity index is 1210. The van der Waals surface area contributed by atoms with Crippen LogP contribution in [0.2, 0.25) is 0 Å². The average Bonchev–Trinajstić information content (AvgIpc) is 3.24. The first-order valence-electron chi connectivity index (χ1n) is 9.26. The molecule has 0 fully saturated rings. The van der Waals surface area contributed by atoms with Gasteiger partial charge in [-0.1, -0.05) is 12.1 Å². The summed E-state index contributed by atoms with van der Waals surface area (Å²) in [7, 11) is 3.23. The number of aromatic nitrogens is 1. The first-order chi connectivity index (χ1) is 14.7. The van der Waals surface area contributed by atoms with Crippen molar-refractivity contribution in [1.29, 1.82) is 0 Å². The number of urea groups is 1. The molecule has 0 atom stereocenters. The number of methoxy groups -OCH3 is 1. The molecule has 0 unspecified atom stereocenters. The summed E-state index contributed by atoms with van der Waals surface area (Å²) in [6, 6.07) is 11.4. The number of alkyl halides is 2. The molecule has 0 saturated carbocycles. The highest BCUT2D eigenvalue weighted by molar-refractivity contribution is 7.09. The van der Waals surface area contributed by atoms with E-state index in [2.05, 4.69) is 14.5 Å². The first-order valence-corrected chi connectivity index (χ1v) is 10.1. The highest BCUT2D eigenvalue weighted by Gasteiger charge is 2.43. The largest absolute Gasteiger partial charge is 0.586 e. The number of ether oxygens (including phenoxy) is 3. The molecular formula is C21H19F2N3O4S. The molecule has 2 heterocycles. The SMILES string of the molecule is COc1cccc(CN(C)C(=O)/N=c2\sc(C)cn2-c2ccc3c(c2)OC(F)(F)O3)c1. The lowest BCUT2D eigenvalue weighted by Gasteiger charge is -2.14. The summed E-state index contributed by atoms with van der Waals surface area (Å²) in [5.74, 6) is 0.579. The lowest BCUT2D eigenvalue weighted by atomic mass is 10.2. The second-order valence-corrected chi connectivity index (χ2v) is 8.11. The van der Waals surface area contributed by atoms with Crippen LogP contribution in [-0.4, -0.2) is 36.0 Å². The molecule has 0 spiro atoms. The van der Waals surface area contributed by atoms with E-state index in [0.29, 0.717) is 22.8 Å². The summed E-state index contributed by atoms with van der Waals surface area (Å²) in [4.78, 5) is 19.7. The number of amides is 2. The average molecular weight is 447 g/mol. The fraction of sp³-hybridized carbons (Fsp3) is 0.238. The topological polar surface area (TPSA) is 65.3 Å². The summed E-state index contributed by atoms with van der Waals surface area (Å²) in [5.41, 5.74) is 1.42. The minimum atomic E-state index is -3.69. The van der Waals surface area contributed by atoms with Crippen LogP contribution in [0.15, 0.2) is 53.7 Å². The van der Waals surface area contributed by atoms with E-state index in [1.54, 1.807) is 31.0 Å². The quantitative estimate of drug-likeness (QED) is 0.597. The van der Waals surface area contributed by atoms with Crippen LogP contribution in [-0.2, 0) is 6.54 Å². The van der Waals surface area contributed by atoms with Gasteiger partial charge in [0, 0.05) is 30.7 Å².